The standard InChI is InChI=1S/C14H26O2/c1-13(2,3)14(4,5)12(16)9-10-7-6-8-11(10)15/h10-11,15H,6-9H2,1-5H3. The Morgan fingerprint density at radius 3 is 2.12 bits per heavy atom. The number of hydrogen-bond donors (Lipinski definition) is 1. The van der Waals surface area contributed by atoms with E-state index < -0.39 is 0 Å². The molecule has 1 aliphatic carbocycles. The number of Topliss-reactive ketones (excluding diaryl/α,β-unsaturated/α-hetero) is 1. The van der Waals surface area contributed by atoms with Crippen LogP contribution in [0.5, 0.6) is 0 Å². The van der Waals surface area contributed by atoms with E-state index in [0.717, 1.165) is 19.3 Å². The minimum absolute atomic E-state index is 0.0202. The lowest BCUT2D eigenvalue weighted by atomic mass is 9.65. The van der Waals surface area contributed by atoms with E-state index in [4.69, 9.17) is 0 Å². The second-order valence-electron chi connectivity index (χ2n) is 6.76. The monoisotopic (exact) mass is 226 g/mol. The van der Waals surface area contributed by atoms with Crippen molar-refractivity contribution in [3.05, 3.63) is 0 Å². The number of carbonyl (C=O) groups is 1. The van der Waals surface area contributed by atoms with Crippen molar-refractivity contribution in [1.29, 1.82) is 0 Å². The van der Waals surface area contributed by atoms with Crippen LogP contribution in [0, 0.1) is 16.7 Å². The minimum atomic E-state index is -0.310. The van der Waals surface area contributed by atoms with Crippen molar-refractivity contribution in [3.8, 4) is 0 Å². The SMILES string of the molecule is CC(C)(C)C(C)(C)C(=O)CC1CCCC1O. The largest absolute Gasteiger partial charge is 0.393 e. The van der Waals surface area contributed by atoms with Gasteiger partial charge in [0.2, 0.25) is 0 Å². The molecule has 94 valence electrons. The Hall–Kier alpha value is -0.370. The van der Waals surface area contributed by atoms with Crippen LogP contribution < -0.4 is 0 Å². The molecular weight excluding hydrogens is 200 g/mol. The van der Waals surface area contributed by atoms with Crippen LogP contribution in [0.2, 0.25) is 0 Å². The predicted octanol–water partition coefficient (Wildman–Crippen LogP) is 3.18. The van der Waals surface area contributed by atoms with E-state index in [9.17, 15) is 9.90 Å². The molecule has 0 heterocycles. The van der Waals surface area contributed by atoms with Gasteiger partial charge in [-0.1, -0.05) is 41.0 Å². The first-order valence-electron chi connectivity index (χ1n) is 6.37. The normalized spacial score (nSPS) is 27.1. The fourth-order valence-corrected chi connectivity index (χ4v) is 2.17. The Morgan fingerprint density at radius 2 is 1.75 bits per heavy atom. The molecule has 0 aromatic carbocycles. The average Bonchev–Trinajstić information content (AvgIpc) is 2.49. The van der Waals surface area contributed by atoms with E-state index in [-0.39, 0.29) is 22.9 Å². The first kappa shape index (κ1) is 13.7. The molecule has 2 heteroatoms. The number of aliphatic hydroxyl groups excluding tert-OH is 1. The average molecular weight is 226 g/mol. The highest BCUT2D eigenvalue weighted by atomic mass is 16.3. The molecular formula is C14H26O2. The summed E-state index contributed by atoms with van der Waals surface area (Å²) in [5, 5.41) is 9.75. The lowest BCUT2D eigenvalue weighted by molar-refractivity contribution is -0.134. The van der Waals surface area contributed by atoms with Gasteiger partial charge in [0, 0.05) is 11.8 Å². The number of rotatable bonds is 3. The van der Waals surface area contributed by atoms with Gasteiger partial charge < -0.3 is 5.11 Å². The van der Waals surface area contributed by atoms with Gasteiger partial charge in [0.05, 0.1) is 6.10 Å². The maximum Gasteiger partial charge on any atom is 0.139 e. The molecule has 1 saturated carbocycles. The first-order chi connectivity index (χ1) is 7.16. The lowest BCUT2D eigenvalue weighted by Crippen LogP contribution is -2.39. The Bertz CT molecular complexity index is 260. The summed E-state index contributed by atoms with van der Waals surface area (Å²) in [7, 11) is 0. The molecule has 0 aromatic rings. The summed E-state index contributed by atoms with van der Waals surface area (Å²) in [6.45, 7) is 10.4. The van der Waals surface area contributed by atoms with E-state index in [1.807, 2.05) is 13.8 Å². The molecule has 2 nitrogen and oxygen atoms in total. The smallest absolute Gasteiger partial charge is 0.139 e. The third kappa shape index (κ3) is 2.65. The Morgan fingerprint density at radius 1 is 1.19 bits per heavy atom. The Balaban J connectivity index is 2.65. The third-order valence-corrected chi connectivity index (χ3v) is 4.64. The molecule has 0 amide bonds. The van der Waals surface area contributed by atoms with Gasteiger partial charge in [-0.3, -0.25) is 4.79 Å². The van der Waals surface area contributed by atoms with Crippen LogP contribution in [0.1, 0.15) is 60.3 Å². The van der Waals surface area contributed by atoms with Crippen molar-refractivity contribution in [2.75, 3.05) is 0 Å². The van der Waals surface area contributed by atoms with Crippen molar-refractivity contribution in [2.45, 2.75) is 66.4 Å². The Kier molecular flexibility index (Phi) is 3.83. The minimum Gasteiger partial charge on any atom is -0.393 e. The van der Waals surface area contributed by atoms with Gasteiger partial charge >= 0.3 is 0 Å². The Labute approximate surface area is 99.4 Å². The molecule has 0 spiro atoms. The molecule has 0 saturated heterocycles. The molecule has 1 aliphatic rings. The van der Waals surface area contributed by atoms with Gasteiger partial charge in [0.25, 0.3) is 0 Å². The number of aliphatic hydroxyl groups is 1. The maximum absolute atomic E-state index is 12.3. The summed E-state index contributed by atoms with van der Waals surface area (Å²) in [5.74, 6) is 0.500. The van der Waals surface area contributed by atoms with Crippen LogP contribution in [0.15, 0.2) is 0 Å². The van der Waals surface area contributed by atoms with Crippen molar-refractivity contribution in [2.24, 2.45) is 16.7 Å². The van der Waals surface area contributed by atoms with E-state index in [1.165, 1.54) is 0 Å². The van der Waals surface area contributed by atoms with E-state index in [0.29, 0.717) is 12.2 Å². The van der Waals surface area contributed by atoms with Crippen LogP contribution in [-0.2, 0) is 4.79 Å². The quantitative estimate of drug-likeness (QED) is 0.802. The van der Waals surface area contributed by atoms with E-state index >= 15 is 0 Å². The van der Waals surface area contributed by atoms with Crippen LogP contribution in [0.4, 0.5) is 0 Å². The van der Waals surface area contributed by atoms with E-state index in [1.54, 1.807) is 0 Å². The summed E-state index contributed by atoms with van der Waals surface area (Å²) in [6, 6.07) is 0. The fourth-order valence-electron chi connectivity index (χ4n) is 2.17. The molecule has 2 unspecified atom stereocenters. The second-order valence-corrected chi connectivity index (χ2v) is 6.76. The van der Waals surface area contributed by atoms with Gasteiger partial charge in [0.15, 0.2) is 0 Å². The molecule has 1 fully saturated rings. The molecule has 2 atom stereocenters. The molecule has 0 aromatic heterocycles. The summed E-state index contributed by atoms with van der Waals surface area (Å²) in [6.07, 6.45) is 3.24. The number of hydrogen-bond acceptors (Lipinski definition) is 2. The molecule has 1 rings (SSSR count). The van der Waals surface area contributed by atoms with Crippen LogP contribution >= 0.6 is 0 Å². The zero-order valence-electron chi connectivity index (χ0n) is 11.3. The van der Waals surface area contributed by atoms with Crippen LogP contribution in [-0.4, -0.2) is 17.0 Å². The van der Waals surface area contributed by atoms with Crippen molar-refractivity contribution >= 4 is 5.78 Å². The van der Waals surface area contributed by atoms with Crippen molar-refractivity contribution in [1.82, 2.24) is 0 Å². The second kappa shape index (κ2) is 4.48. The van der Waals surface area contributed by atoms with Crippen LogP contribution in [0.3, 0.4) is 0 Å². The third-order valence-electron chi connectivity index (χ3n) is 4.64. The van der Waals surface area contributed by atoms with Gasteiger partial charge in [-0.05, 0) is 24.2 Å². The highest BCUT2D eigenvalue weighted by molar-refractivity contribution is 5.85. The highest BCUT2D eigenvalue weighted by Crippen LogP contribution is 2.41. The molecule has 16 heavy (non-hydrogen) atoms. The summed E-state index contributed by atoms with van der Waals surface area (Å²) < 4.78 is 0. The topological polar surface area (TPSA) is 37.3 Å². The number of ketones is 1. The summed E-state index contributed by atoms with van der Waals surface area (Å²) in [5.41, 5.74) is -0.330. The van der Waals surface area contributed by atoms with Gasteiger partial charge in [0.1, 0.15) is 5.78 Å². The first-order valence-corrected chi connectivity index (χ1v) is 6.37. The molecule has 0 radical (unpaired) electrons. The molecule has 1 N–H and O–H groups in total. The zero-order chi connectivity index (χ0) is 12.6. The fraction of sp³-hybridized carbons (Fsp3) is 0.929. The van der Waals surface area contributed by atoms with Crippen LogP contribution in [0.25, 0.3) is 0 Å². The zero-order valence-corrected chi connectivity index (χ0v) is 11.3. The lowest BCUT2D eigenvalue weighted by Gasteiger charge is -2.38. The maximum atomic E-state index is 12.3. The molecule has 0 aliphatic heterocycles. The van der Waals surface area contributed by atoms with Gasteiger partial charge in [-0.2, -0.15) is 0 Å². The highest BCUT2D eigenvalue weighted by Gasteiger charge is 2.41. The van der Waals surface area contributed by atoms with Crippen molar-refractivity contribution in [3.63, 3.8) is 0 Å². The van der Waals surface area contributed by atoms with Gasteiger partial charge in [-0.15, -0.1) is 0 Å². The molecule has 0 bridgehead atoms. The van der Waals surface area contributed by atoms with E-state index in [2.05, 4.69) is 20.8 Å². The van der Waals surface area contributed by atoms with Gasteiger partial charge in [-0.25, -0.2) is 0 Å². The predicted molar refractivity (Wildman–Crippen MR) is 66.2 cm³/mol. The van der Waals surface area contributed by atoms with Crippen molar-refractivity contribution < 1.29 is 9.90 Å². The summed E-state index contributed by atoms with van der Waals surface area (Å²) in [4.78, 5) is 12.3. The number of carbonyl (C=O) groups excluding carboxylic acids is 1. The summed E-state index contributed by atoms with van der Waals surface area (Å²) >= 11 is 0.